The molecule has 0 unspecified atom stereocenters. The molecule has 2 aromatic heterocycles. The van der Waals surface area contributed by atoms with Gasteiger partial charge in [-0.15, -0.1) is 0 Å². The van der Waals surface area contributed by atoms with E-state index in [0.29, 0.717) is 0 Å². The summed E-state index contributed by atoms with van der Waals surface area (Å²) in [5.41, 5.74) is 1.05. The molecule has 0 aliphatic carbocycles. The van der Waals surface area contributed by atoms with Crippen LogP contribution in [-0.2, 0) is 0 Å². The third kappa shape index (κ3) is 1.18. The van der Waals surface area contributed by atoms with Crippen molar-refractivity contribution in [3.8, 4) is 0 Å². The van der Waals surface area contributed by atoms with Crippen molar-refractivity contribution >= 4 is 17.3 Å². The Bertz CT molecular complexity index is 382. The highest BCUT2D eigenvalue weighted by Crippen LogP contribution is 2.16. The number of imidazole rings is 1. The Kier molecular flexibility index (Phi) is 1.99. The molecular formula is C8H9N3S. The Morgan fingerprint density at radius 1 is 1.50 bits per heavy atom. The van der Waals surface area contributed by atoms with Crippen LogP contribution in [-0.4, -0.2) is 20.1 Å². The summed E-state index contributed by atoms with van der Waals surface area (Å²) in [4.78, 5) is 8.29. The highest BCUT2D eigenvalue weighted by atomic mass is 32.2. The van der Waals surface area contributed by atoms with Crippen LogP contribution < -0.4 is 0 Å². The maximum Gasteiger partial charge on any atom is 0.172 e. The van der Waals surface area contributed by atoms with Crippen LogP contribution in [0.1, 0.15) is 6.92 Å². The van der Waals surface area contributed by atoms with Crippen LogP contribution in [0.2, 0.25) is 0 Å². The second-order valence-electron chi connectivity index (χ2n) is 2.34. The highest BCUT2D eigenvalue weighted by Gasteiger charge is 2.00. The van der Waals surface area contributed by atoms with Gasteiger partial charge in [-0.3, -0.25) is 9.38 Å². The van der Waals surface area contributed by atoms with Gasteiger partial charge >= 0.3 is 0 Å². The van der Waals surface area contributed by atoms with Gasteiger partial charge in [0, 0.05) is 12.4 Å². The predicted molar refractivity (Wildman–Crippen MR) is 49.4 cm³/mol. The molecule has 62 valence electrons. The average Bonchev–Trinajstić information content (AvgIpc) is 2.50. The number of fused-ring (bicyclic) bond motifs is 1. The van der Waals surface area contributed by atoms with Gasteiger partial charge in [-0.25, -0.2) is 4.98 Å². The molecule has 0 aliphatic heterocycles. The van der Waals surface area contributed by atoms with E-state index in [1.807, 2.05) is 23.0 Å². The summed E-state index contributed by atoms with van der Waals surface area (Å²) in [6.45, 7) is 2.12. The first-order valence-corrected chi connectivity index (χ1v) is 4.80. The standard InChI is InChI=1S/C8H9N3S/c1-2-12-8-10-6-7-5-9-3-4-11(7)8/h3-6H,2H2,1H3. The van der Waals surface area contributed by atoms with Crippen LogP contribution in [0.15, 0.2) is 29.9 Å². The van der Waals surface area contributed by atoms with Crippen molar-refractivity contribution in [3.63, 3.8) is 0 Å². The summed E-state index contributed by atoms with van der Waals surface area (Å²) in [6, 6.07) is 0. The van der Waals surface area contributed by atoms with Crippen LogP contribution in [0.5, 0.6) is 0 Å². The summed E-state index contributed by atoms with van der Waals surface area (Å²) in [5.74, 6) is 1.04. The lowest BCUT2D eigenvalue weighted by molar-refractivity contribution is 0.948. The fraction of sp³-hybridized carbons (Fsp3) is 0.250. The molecule has 4 heteroatoms. The molecular weight excluding hydrogens is 170 g/mol. The number of hydrogen-bond donors (Lipinski definition) is 0. The molecule has 12 heavy (non-hydrogen) atoms. The van der Waals surface area contributed by atoms with E-state index in [9.17, 15) is 0 Å². The second-order valence-corrected chi connectivity index (χ2v) is 3.58. The van der Waals surface area contributed by atoms with E-state index in [0.717, 1.165) is 16.4 Å². The van der Waals surface area contributed by atoms with Crippen molar-refractivity contribution in [3.05, 3.63) is 24.8 Å². The van der Waals surface area contributed by atoms with Crippen molar-refractivity contribution < 1.29 is 0 Å². The van der Waals surface area contributed by atoms with E-state index in [2.05, 4.69) is 16.9 Å². The van der Waals surface area contributed by atoms with Gasteiger partial charge in [-0.05, 0) is 5.75 Å². The Balaban J connectivity index is 2.55. The van der Waals surface area contributed by atoms with Gasteiger partial charge in [0.1, 0.15) is 0 Å². The average molecular weight is 179 g/mol. The molecule has 0 atom stereocenters. The number of rotatable bonds is 2. The normalized spacial score (nSPS) is 10.8. The minimum Gasteiger partial charge on any atom is -0.292 e. The molecule has 3 nitrogen and oxygen atoms in total. The topological polar surface area (TPSA) is 30.2 Å². The summed E-state index contributed by atoms with van der Waals surface area (Å²) in [6.07, 6.45) is 7.35. The van der Waals surface area contributed by atoms with Crippen LogP contribution >= 0.6 is 11.8 Å². The first kappa shape index (κ1) is 7.61. The van der Waals surface area contributed by atoms with Gasteiger partial charge in [0.05, 0.1) is 17.9 Å². The van der Waals surface area contributed by atoms with Crippen molar-refractivity contribution in [2.24, 2.45) is 0 Å². The minimum atomic E-state index is 1.04. The first-order valence-electron chi connectivity index (χ1n) is 3.81. The SMILES string of the molecule is CCSc1ncc2cnccn12. The lowest BCUT2D eigenvalue weighted by atomic mass is 10.6. The molecule has 0 N–H and O–H groups in total. The fourth-order valence-corrected chi connectivity index (χ4v) is 1.75. The van der Waals surface area contributed by atoms with E-state index >= 15 is 0 Å². The van der Waals surface area contributed by atoms with Crippen molar-refractivity contribution in [2.45, 2.75) is 12.1 Å². The molecule has 0 saturated carbocycles. The van der Waals surface area contributed by atoms with Gasteiger partial charge in [-0.1, -0.05) is 18.7 Å². The van der Waals surface area contributed by atoms with E-state index in [4.69, 9.17) is 0 Å². The number of thioether (sulfide) groups is 1. The number of aromatic nitrogens is 3. The number of hydrogen-bond acceptors (Lipinski definition) is 3. The van der Waals surface area contributed by atoms with Gasteiger partial charge < -0.3 is 0 Å². The summed E-state index contributed by atoms with van der Waals surface area (Å²) in [7, 11) is 0. The van der Waals surface area contributed by atoms with Gasteiger partial charge in [0.15, 0.2) is 5.16 Å². The Morgan fingerprint density at radius 2 is 2.42 bits per heavy atom. The zero-order valence-electron chi connectivity index (χ0n) is 6.77. The first-order chi connectivity index (χ1) is 5.92. The molecule has 0 fully saturated rings. The Labute approximate surface area is 74.8 Å². The molecule has 0 bridgehead atoms. The minimum absolute atomic E-state index is 1.04. The van der Waals surface area contributed by atoms with Crippen molar-refractivity contribution in [1.82, 2.24) is 14.4 Å². The maximum atomic E-state index is 4.27. The molecule has 0 saturated heterocycles. The third-order valence-electron chi connectivity index (χ3n) is 1.57. The zero-order valence-corrected chi connectivity index (χ0v) is 7.58. The zero-order chi connectivity index (χ0) is 8.39. The fourth-order valence-electron chi connectivity index (χ4n) is 1.06. The van der Waals surface area contributed by atoms with Gasteiger partial charge in [0.25, 0.3) is 0 Å². The van der Waals surface area contributed by atoms with Crippen LogP contribution in [0.25, 0.3) is 5.52 Å². The largest absolute Gasteiger partial charge is 0.292 e. The van der Waals surface area contributed by atoms with E-state index in [-0.39, 0.29) is 0 Å². The molecule has 0 aromatic carbocycles. The van der Waals surface area contributed by atoms with Gasteiger partial charge in [0.2, 0.25) is 0 Å². The molecule has 0 aliphatic rings. The van der Waals surface area contributed by atoms with Crippen LogP contribution in [0, 0.1) is 0 Å². The molecule has 0 spiro atoms. The van der Waals surface area contributed by atoms with E-state index in [1.165, 1.54) is 0 Å². The van der Waals surface area contributed by atoms with Gasteiger partial charge in [-0.2, -0.15) is 0 Å². The van der Waals surface area contributed by atoms with Crippen molar-refractivity contribution in [2.75, 3.05) is 5.75 Å². The highest BCUT2D eigenvalue weighted by molar-refractivity contribution is 7.99. The molecule has 2 heterocycles. The van der Waals surface area contributed by atoms with E-state index in [1.54, 1.807) is 18.0 Å². The van der Waals surface area contributed by atoms with Crippen LogP contribution in [0.4, 0.5) is 0 Å². The predicted octanol–water partition coefficient (Wildman–Crippen LogP) is 1.84. The maximum absolute atomic E-state index is 4.27. The Hall–Kier alpha value is -1.03. The summed E-state index contributed by atoms with van der Waals surface area (Å²) < 4.78 is 2.04. The second kappa shape index (κ2) is 3.15. The quantitative estimate of drug-likeness (QED) is 0.659. The number of nitrogens with zero attached hydrogens (tertiary/aromatic N) is 3. The monoisotopic (exact) mass is 179 g/mol. The molecule has 0 radical (unpaired) electrons. The summed E-state index contributed by atoms with van der Waals surface area (Å²) >= 11 is 1.74. The van der Waals surface area contributed by atoms with Crippen LogP contribution in [0.3, 0.4) is 0 Å². The molecule has 0 amide bonds. The van der Waals surface area contributed by atoms with Crippen molar-refractivity contribution in [1.29, 1.82) is 0 Å². The third-order valence-corrected chi connectivity index (χ3v) is 2.42. The smallest absolute Gasteiger partial charge is 0.172 e. The lowest BCUT2D eigenvalue weighted by Crippen LogP contribution is -1.86. The molecule has 2 aromatic rings. The Morgan fingerprint density at radius 3 is 3.25 bits per heavy atom. The summed E-state index contributed by atoms with van der Waals surface area (Å²) in [5, 5.41) is 1.04. The van der Waals surface area contributed by atoms with E-state index < -0.39 is 0 Å². The lowest BCUT2D eigenvalue weighted by Gasteiger charge is -1.96. The molecule has 2 rings (SSSR count).